The lowest BCUT2D eigenvalue weighted by Crippen LogP contribution is -2.24. The topological polar surface area (TPSA) is 45.2 Å². The third-order valence-corrected chi connectivity index (χ3v) is 4.42. The van der Waals surface area contributed by atoms with Crippen LogP contribution in [0.25, 0.3) is 0 Å². The zero-order valence-electron chi connectivity index (χ0n) is 14.2. The van der Waals surface area contributed by atoms with Crippen LogP contribution in [0.4, 0.5) is 24.5 Å². The molecule has 26 heavy (non-hydrogen) atoms. The number of hydrogen-bond acceptors (Lipinski definition) is 3. The maximum Gasteiger partial charge on any atom is 0.416 e. The van der Waals surface area contributed by atoms with Crippen molar-refractivity contribution in [2.45, 2.75) is 31.9 Å². The first kappa shape index (κ1) is 18.2. The molecule has 0 unspecified atom stereocenters. The maximum atomic E-state index is 12.6. The van der Waals surface area contributed by atoms with E-state index in [1.165, 1.54) is 25.0 Å². The number of amides is 1. The van der Waals surface area contributed by atoms with Crippen molar-refractivity contribution < 1.29 is 18.0 Å². The summed E-state index contributed by atoms with van der Waals surface area (Å²) in [4.78, 5) is 18.7. The Hall–Kier alpha value is -2.57. The molecule has 1 aliphatic heterocycles. The minimum atomic E-state index is -4.40. The lowest BCUT2D eigenvalue weighted by molar-refractivity contribution is -0.137. The number of nitrogens with zero attached hydrogens (tertiary/aromatic N) is 2. The molecule has 0 saturated carbocycles. The number of rotatable bonds is 3. The third-order valence-electron chi connectivity index (χ3n) is 4.42. The molecule has 0 spiro atoms. The van der Waals surface area contributed by atoms with E-state index in [-0.39, 0.29) is 5.69 Å². The molecule has 7 heteroatoms. The standard InChI is InChI=1S/C19H20F3N3O/c20-19(21,22)14-5-7-15(8-6-14)24-18(26)17-13-16(9-10-23-17)25-11-3-1-2-4-12-25/h5-10,13H,1-4,11-12H2,(H,24,26). The van der Waals surface area contributed by atoms with Gasteiger partial charge in [0.05, 0.1) is 5.56 Å². The lowest BCUT2D eigenvalue weighted by atomic mass is 10.2. The molecule has 1 aromatic heterocycles. The van der Waals surface area contributed by atoms with Gasteiger partial charge in [-0.15, -0.1) is 0 Å². The Morgan fingerprint density at radius 1 is 1.00 bits per heavy atom. The predicted octanol–water partition coefficient (Wildman–Crippen LogP) is 4.73. The number of carbonyl (C=O) groups excluding carboxylic acids is 1. The van der Waals surface area contributed by atoms with E-state index in [1.807, 2.05) is 6.07 Å². The van der Waals surface area contributed by atoms with Gasteiger partial charge in [-0.3, -0.25) is 9.78 Å². The molecule has 0 atom stereocenters. The van der Waals surface area contributed by atoms with Crippen molar-refractivity contribution in [1.82, 2.24) is 4.98 Å². The Bertz CT molecular complexity index is 751. The highest BCUT2D eigenvalue weighted by molar-refractivity contribution is 6.03. The molecule has 1 aliphatic rings. The van der Waals surface area contributed by atoms with E-state index in [0.717, 1.165) is 43.8 Å². The molecule has 3 rings (SSSR count). The van der Waals surface area contributed by atoms with Crippen LogP contribution in [0.3, 0.4) is 0 Å². The molecule has 4 nitrogen and oxygen atoms in total. The van der Waals surface area contributed by atoms with Crippen molar-refractivity contribution in [2.75, 3.05) is 23.3 Å². The van der Waals surface area contributed by atoms with E-state index in [2.05, 4.69) is 15.2 Å². The van der Waals surface area contributed by atoms with Gasteiger partial charge in [-0.2, -0.15) is 13.2 Å². The van der Waals surface area contributed by atoms with Crippen LogP contribution in [0.15, 0.2) is 42.6 Å². The van der Waals surface area contributed by atoms with E-state index >= 15 is 0 Å². The van der Waals surface area contributed by atoms with Crippen LogP contribution >= 0.6 is 0 Å². The Balaban J connectivity index is 1.70. The zero-order chi connectivity index (χ0) is 18.6. The van der Waals surface area contributed by atoms with Gasteiger partial charge >= 0.3 is 6.18 Å². The molecule has 1 amide bonds. The number of alkyl halides is 3. The van der Waals surface area contributed by atoms with Gasteiger partial charge in [0.25, 0.3) is 5.91 Å². The number of nitrogens with one attached hydrogen (secondary N) is 1. The normalized spacial score (nSPS) is 15.4. The fourth-order valence-electron chi connectivity index (χ4n) is 3.01. The van der Waals surface area contributed by atoms with E-state index in [4.69, 9.17) is 0 Å². The highest BCUT2D eigenvalue weighted by Crippen LogP contribution is 2.30. The average Bonchev–Trinajstić information content (AvgIpc) is 2.91. The van der Waals surface area contributed by atoms with Crippen LogP contribution in [-0.4, -0.2) is 24.0 Å². The van der Waals surface area contributed by atoms with Crippen LogP contribution in [0.1, 0.15) is 41.7 Å². The molecule has 0 aliphatic carbocycles. The molecule has 138 valence electrons. The molecule has 1 saturated heterocycles. The largest absolute Gasteiger partial charge is 0.416 e. The summed E-state index contributed by atoms with van der Waals surface area (Å²) >= 11 is 0. The van der Waals surface area contributed by atoms with E-state index in [0.29, 0.717) is 5.69 Å². The van der Waals surface area contributed by atoms with Crippen LogP contribution in [0, 0.1) is 0 Å². The van der Waals surface area contributed by atoms with Crippen LogP contribution in [-0.2, 0) is 6.18 Å². The van der Waals surface area contributed by atoms with Gasteiger partial charge in [0, 0.05) is 30.7 Å². The smallest absolute Gasteiger partial charge is 0.371 e. The van der Waals surface area contributed by atoms with Gasteiger partial charge in [-0.1, -0.05) is 12.8 Å². The van der Waals surface area contributed by atoms with E-state index < -0.39 is 17.6 Å². The number of carbonyl (C=O) groups is 1. The van der Waals surface area contributed by atoms with Crippen molar-refractivity contribution in [2.24, 2.45) is 0 Å². The molecule has 0 radical (unpaired) electrons. The number of pyridine rings is 1. The fraction of sp³-hybridized carbons (Fsp3) is 0.368. The predicted molar refractivity (Wildman–Crippen MR) is 94.3 cm³/mol. The van der Waals surface area contributed by atoms with E-state index in [9.17, 15) is 18.0 Å². The number of anilines is 2. The Labute approximate surface area is 150 Å². The second-order valence-electron chi connectivity index (χ2n) is 6.33. The molecule has 2 aromatic rings. The highest BCUT2D eigenvalue weighted by Gasteiger charge is 2.30. The van der Waals surface area contributed by atoms with E-state index in [1.54, 1.807) is 12.3 Å². The monoisotopic (exact) mass is 363 g/mol. The zero-order valence-corrected chi connectivity index (χ0v) is 14.2. The second kappa shape index (κ2) is 7.76. The molecule has 1 aromatic carbocycles. The number of benzene rings is 1. The summed E-state index contributed by atoms with van der Waals surface area (Å²) in [7, 11) is 0. The molecular formula is C19H20F3N3O. The molecule has 1 N–H and O–H groups in total. The first-order valence-corrected chi connectivity index (χ1v) is 8.63. The summed E-state index contributed by atoms with van der Waals surface area (Å²) < 4.78 is 37.8. The highest BCUT2D eigenvalue weighted by atomic mass is 19.4. The minimum absolute atomic E-state index is 0.242. The van der Waals surface area contributed by atoms with Gasteiger partial charge < -0.3 is 10.2 Å². The number of halogens is 3. The summed E-state index contributed by atoms with van der Waals surface area (Å²) in [5.74, 6) is -0.443. The van der Waals surface area contributed by atoms with Crippen LogP contribution in [0.2, 0.25) is 0 Å². The fourth-order valence-corrected chi connectivity index (χ4v) is 3.01. The van der Waals surface area contributed by atoms with Crippen molar-refractivity contribution in [3.8, 4) is 0 Å². The molecule has 1 fully saturated rings. The first-order valence-electron chi connectivity index (χ1n) is 8.63. The Kier molecular flexibility index (Phi) is 5.44. The second-order valence-corrected chi connectivity index (χ2v) is 6.33. The van der Waals surface area contributed by atoms with Crippen LogP contribution < -0.4 is 10.2 Å². The third kappa shape index (κ3) is 4.53. The summed E-state index contributed by atoms with van der Waals surface area (Å²) in [6, 6.07) is 7.96. The van der Waals surface area contributed by atoms with Gasteiger partial charge in [0.2, 0.25) is 0 Å². The molecular weight excluding hydrogens is 343 g/mol. The van der Waals surface area contributed by atoms with Crippen molar-refractivity contribution in [1.29, 1.82) is 0 Å². The number of aromatic nitrogens is 1. The maximum absolute atomic E-state index is 12.6. The Morgan fingerprint density at radius 2 is 1.65 bits per heavy atom. The summed E-state index contributed by atoms with van der Waals surface area (Å²) in [6.45, 7) is 1.90. The van der Waals surface area contributed by atoms with Crippen LogP contribution in [0.5, 0.6) is 0 Å². The van der Waals surface area contributed by atoms with Gasteiger partial charge in [0.1, 0.15) is 5.69 Å². The molecule has 2 heterocycles. The summed E-state index contributed by atoms with van der Waals surface area (Å²) in [5.41, 5.74) is 0.730. The average molecular weight is 363 g/mol. The lowest BCUT2D eigenvalue weighted by Gasteiger charge is -2.22. The van der Waals surface area contributed by atoms with Gasteiger partial charge in [0.15, 0.2) is 0 Å². The quantitative estimate of drug-likeness (QED) is 0.857. The van der Waals surface area contributed by atoms with Crippen molar-refractivity contribution in [3.05, 3.63) is 53.9 Å². The Morgan fingerprint density at radius 3 is 2.27 bits per heavy atom. The van der Waals surface area contributed by atoms with Gasteiger partial charge in [-0.25, -0.2) is 0 Å². The minimum Gasteiger partial charge on any atom is -0.371 e. The summed E-state index contributed by atoms with van der Waals surface area (Å²) in [5, 5.41) is 2.59. The first-order chi connectivity index (χ1) is 12.4. The van der Waals surface area contributed by atoms with Gasteiger partial charge in [-0.05, 0) is 49.2 Å². The van der Waals surface area contributed by atoms with Crippen molar-refractivity contribution >= 4 is 17.3 Å². The summed E-state index contributed by atoms with van der Waals surface area (Å²) in [6.07, 6.45) is 1.85. The molecule has 0 bridgehead atoms. The number of hydrogen-bond donors (Lipinski definition) is 1. The van der Waals surface area contributed by atoms with Crippen molar-refractivity contribution in [3.63, 3.8) is 0 Å². The SMILES string of the molecule is O=C(Nc1ccc(C(F)(F)F)cc1)c1cc(N2CCCCCC2)ccn1.